The minimum absolute atomic E-state index is 0.171. The first-order valence-corrected chi connectivity index (χ1v) is 6.19. The topological polar surface area (TPSA) is 108 Å². The third-order valence-corrected chi connectivity index (χ3v) is 2.34. The number of esters is 1. The van der Waals surface area contributed by atoms with Gasteiger partial charge in [-0.2, -0.15) is 13.2 Å². The van der Waals surface area contributed by atoms with Gasteiger partial charge in [0.1, 0.15) is 5.75 Å². The van der Waals surface area contributed by atoms with Crippen LogP contribution in [0.2, 0.25) is 0 Å². The molecule has 0 aliphatic heterocycles. The molecular formula is C13H13F3N2O5. The summed E-state index contributed by atoms with van der Waals surface area (Å²) in [6, 6.07) is 3.95. The summed E-state index contributed by atoms with van der Waals surface area (Å²) in [7, 11) is 0. The van der Waals surface area contributed by atoms with Crippen LogP contribution in [0.15, 0.2) is 24.3 Å². The first-order chi connectivity index (χ1) is 10.7. The molecule has 3 N–H and O–H groups in total. The number of hydrogen-bond acceptors (Lipinski definition) is 5. The monoisotopic (exact) mass is 334 g/mol. The van der Waals surface area contributed by atoms with Crippen molar-refractivity contribution >= 4 is 17.8 Å². The number of amides is 2. The molecule has 2 amide bonds. The molecule has 0 radical (unpaired) electrons. The van der Waals surface area contributed by atoms with Crippen molar-refractivity contribution in [1.29, 1.82) is 0 Å². The van der Waals surface area contributed by atoms with Crippen molar-refractivity contribution in [3.63, 3.8) is 0 Å². The van der Waals surface area contributed by atoms with E-state index < -0.39 is 49.3 Å². The second-order valence-corrected chi connectivity index (χ2v) is 4.22. The summed E-state index contributed by atoms with van der Waals surface area (Å²) >= 11 is 0. The molecule has 0 bridgehead atoms. The van der Waals surface area contributed by atoms with E-state index in [0.717, 1.165) is 18.2 Å². The van der Waals surface area contributed by atoms with Crippen molar-refractivity contribution in [3.05, 3.63) is 29.8 Å². The summed E-state index contributed by atoms with van der Waals surface area (Å²) in [5, 5.41) is 2.08. The van der Waals surface area contributed by atoms with Gasteiger partial charge in [-0.1, -0.05) is 6.07 Å². The predicted molar refractivity (Wildman–Crippen MR) is 70.1 cm³/mol. The number of rotatable bonds is 7. The van der Waals surface area contributed by atoms with E-state index in [0.29, 0.717) is 0 Å². The molecule has 0 aliphatic carbocycles. The van der Waals surface area contributed by atoms with Gasteiger partial charge in [-0.3, -0.25) is 9.59 Å². The highest BCUT2D eigenvalue weighted by Crippen LogP contribution is 2.31. The number of carbonyl (C=O) groups excluding carboxylic acids is 3. The summed E-state index contributed by atoms with van der Waals surface area (Å²) < 4.78 is 46.8. The zero-order valence-corrected chi connectivity index (χ0v) is 11.7. The zero-order valence-electron chi connectivity index (χ0n) is 11.7. The molecule has 1 rings (SSSR count). The van der Waals surface area contributed by atoms with Crippen LogP contribution in [0.5, 0.6) is 5.75 Å². The minimum atomic E-state index is -4.53. The normalized spacial score (nSPS) is 10.7. The van der Waals surface area contributed by atoms with Crippen molar-refractivity contribution in [2.45, 2.75) is 6.18 Å². The van der Waals surface area contributed by atoms with Crippen molar-refractivity contribution in [1.82, 2.24) is 5.32 Å². The largest absolute Gasteiger partial charge is 0.482 e. The van der Waals surface area contributed by atoms with Crippen LogP contribution in [-0.2, 0) is 25.3 Å². The number of carbonyl (C=O) groups is 3. The van der Waals surface area contributed by atoms with E-state index in [1.807, 2.05) is 0 Å². The third kappa shape index (κ3) is 7.16. The SMILES string of the molecule is NC(=O)CNC(=O)COC(=O)COc1cccc(C(F)(F)F)c1. The van der Waals surface area contributed by atoms with Crippen LogP contribution < -0.4 is 15.8 Å². The molecule has 0 aliphatic rings. The molecule has 0 heterocycles. The molecule has 0 spiro atoms. The maximum absolute atomic E-state index is 12.5. The van der Waals surface area contributed by atoms with Gasteiger partial charge in [0, 0.05) is 0 Å². The molecule has 0 unspecified atom stereocenters. The molecule has 0 fully saturated rings. The maximum Gasteiger partial charge on any atom is 0.416 e. The molecule has 10 heteroatoms. The fraction of sp³-hybridized carbons (Fsp3) is 0.308. The highest BCUT2D eigenvalue weighted by Gasteiger charge is 2.30. The van der Waals surface area contributed by atoms with Crippen LogP contribution in [0, 0.1) is 0 Å². The molecule has 0 atom stereocenters. The Morgan fingerprint density at radius 2 is 1.87 bits per heavy atom. The van der Waals surface area contributed by atoms with Gasteiger partial charge in [-0.25, -0.2) is 4.79 Å². The summed E-state index contributed by atoms with van der Waals surface area (Å²) in [4.78, 5) is 32.8. The average molecular weight is 334 g/mol. The van der Waals surface area contributed by atoms with Gasteiger partial charge in [-0.15, -0.1) is 0 Å². The number of nitrogens with two attached hydrogens (primary N) is 1. The van der Waals surface area contributed by atoms with E-state index in [2.05, 4.69) is 10.1 Å². The Hall–Kier alpha value is -2.78. The zero-order chi connectivity index (χ0) is 17.5. The highest BCUT2D eigenvalue weighted by molar-refractivity contribution is 5.85. The fourth-order valence-electron chi connectivity index (χ4n) is 1.33. The van der Waals surface area contributed by atoms with Gasteiger partial charge < -0.3 is 20.5 Å². The number of alkyl halides is 3. The Labute approximate surface area is 128 Å². The predicted octanol–water partition coefficient (Wildman–Crippen LogP) is 0.229. The molecule has 1 aromatic carbocycles. The number of benzene rings is 1. The number of primary amides is 1. The van der Waals surface area contributed by atoms with Gasteiger partial charge >= 0.3 is 12.1 Å². The van der Waals surface area contributed by atoms with Crippen LogP contribution in [0.3, 0.4) is 0 Å². The summed E-state index contributed by atoms with van der Waals surface area (Å²) in [5.74, 6) is -2.65. The highest BCUT2D eigenvalue weighted by atomic mass is 19.4. The number of halogens is 3. The van der Waals surface area contributed by atoms with E-state index in [1.54, 1.807) is 0 Å². The Balaban J connectivity index is 2.39. The number of nitrogens with one attached hydrogen (secondary N) is 1. The smallest absolute Gasteiger partial charge is 0.416 e. The Kier molecular flexibility index (Phi) is 6.36. The fourth-order valence-corrected chi connectivity index (χ4v) is 1.33. The molecule has 1 aromatic rings. The molecule has 0 saturated heterocycles. The molecule has 126 valence electrons. The van der Waals surface area contributed by atoms with E-state index in [9.17, 15) is 27.6 Å². The second-order valence-electron chi connectivity index (χ2n) is 4.22. The summed E-state index contributed by atoms with van der Waals surface area (Å²) in [5.41, 5.74) is 3.87. The van der Waals surface area contributed by atoms with Crippen LogP contribution in [0.25, 0.3) is 0 Å². The van der Waals surface area contributed by atoms with Crippen molar-refractivity contribution in [2.24, 2.45) is 5.73 Å². The van der Waals surface area contributed by atoms with Crippen LogP contribution in [-0.4, -0.2) is 37.5 Å². The molecule has 0 saturated carbocycles. The van der Waals surface area contributed by atoms with Gasteiger partial charge in [-0.05, 0) is 18.2 Å². The first-order valence-electron chi connectivity index (χ1n) is 6.19. The lowest BCUT2D eigenvalue weighted by Crippen LogP contribution is -2.36. The van der Waals surface area contributed by atoms with Crippen molar-refractivity contribution in [3.8, 4) is 5.75 Å². The molecule has 23 heavy (non-hydrogen) atoms. The Morgan fingerprint density at radius 1 is 1.17 bits per heavy atom. The van der Waals surface area contributed by atoms with Crippen LogP contribution in [0.1, 0.15) is 5.56 Å². The summed E-state index contributed by atoms with van der Waals surface area (Å²) in [6.45, 7) is -1.75. The second kappa shape index (κ2) is 8.01. The van der Waals surface area contributed by atoms with Gasteiger partial charge in [0.05, 0.1) is 12.1 Å². The lowest BCUT2D eigenvalue weighted by molar-refractivity contribution is -0.150. The average Bonchev–Trinajstić information content (AvgIpc) is 2.48. The first kappa shape index (κ1) is 18.3. The Bertz CT molecular complexity index is 589. The minimum Gasteiger partial charge on any atom is -0.482 e. The quantitative estimate of drug-likeness (QED) is 0.694. The lowest BCUT2D eigenvalue weighted by Gasteiger charge is -2.10. The van der Waals surface area contributed by atoms with Crippen molar-refractivity contribution in [2.75, 3.05) is 19.8 Å². The Morgan fingerprint density at radius 3 is 2.48 bits per heavy atom. The molecule has 7 nitrogen and oxygen atoms in total. The van der Waals surface area contributed by atoms with Gasteiger partial charge in [0.15, 0.2) is 13.2 Å². The molecule has 0 aromatic heterocycles. The van der Waals surface area contributed by atoms with E-state index in [1.165, 1.54) is 6.07 Å². The van der Waals surface area contributed by atoms with Crippen molar-refractivity contribution < 1.29 is 37.0 Å². The summed E-state index contributed by atoms with van der Waals surface area (Å²) in [6.07, 6.45) is -4.53. The lowest BCUT2D eigenvalue weighted by atomic mass is 10.2. The van der Waals surface area contributed by atoms with Gasteiger partial charge in [0.25, 0.3) is 5.91 Å². The van der Waals surface area contributed by atoms with E-state index >= 15 is 0 Å². The number of ether oxygens (including phenoxy) is 2. The third-order valence-electron chi connectivity index (χ3n) is 2.34. The van der Waals surface area contributed by atoms with Crippen LogP contribution in [0.4, 0.5) is 13.2 Å². The standard InChI is InChI=1S/C13H13F3N2O5/c14-13(15,16)8-2-1-3-9(4-8)22-7-12(21)23-6-11(20)18-5-10(17)19/h1-4H,5-7H2,(H2,17,19)(H,18,20). The van der Waals surface area contributed by atoms with E-state index in [4.69, 9.17) is 10.5 Å². The van der Waals surface area contributed by atoms with E-state index in [-0.39, 0.29) is 5.75 Å². The van der Waals surface area contributed by atoms with Crippen LogP contribution >= 0.6 is 0 Å². The number of hydrogen-bond donors (Lipinski definition) is 2. The van der Waals surface area contributed by atoms with Gasteiger partial charge in [0.2, 0.25) is 5.91 Å². The maximum atomic E-state index is 12.5. The molecular weight excluding hydrogens is 321 g/mol.